The molecule has 2 N–H and O–H groups in total. The molecule has 3 unspecified atom stereocenters. The molecule has 0 radical (unpaired) electrons. The van der Waals surface area contributed by atoms with Crippen LogP contribution in [0.1, 0.15) is 361 Å². The van der Waals surface area contributed by atoms with Crippen molar-refractivity contribution in [2.45, 2.75) is 373 Å². The average molecular weight is 1230 g/mol. The summed E-state index contributed by atoms with van der Waals surface area (Å²) in [7, 11) is 1.25. The first-order valence-electron chi connectivity index (χ1n) is 37.3. The van der Waals surface area contributed by atoms with Crippen molar-refractivity contribution in [3.05, 3.63) is 72.9 Å². The van der Waals surface area contributed by atoms with Gasteiger partial charge in [0.05, 0.1) is 39.9 Å². The molecule has 0 aromatic rings. The Morgan fingerprint density at radius 2 is 0.686 bits per heavy atom. The Bertz CT molecular complexity index is 1630. The Morgan fingerprint density at radius 3 is 1.02 bits per heavy atom. The van der Waals surface area contributed by atoms with Crippen molar-refractivity contribution in [1.82, 2.24) is 5.32 Å². The van der Waals surface area contributed by atoms with Gasteiger partial charge in [-0.1, -0.05) is 344 Å². The quantitative estimate of drug-likeness (QED) is 0.0272. The van der Waals surface area contributed by atoms with Crippen LogP contribution in [-0.2, 0) is 18.4 Å². The number of phosphoric acid groups is 1. The van der Waals surface area contributed by atoms with E-state index in [4.69, 9.17) is 9.05 Å². The number of rotatable bonds is 69. The van der Waals surface area contributed by atoms with Gasteiger partial charge in [-0.2, -0.15) is 0 Å². The highest BCUT2D eigenvalue weighted by Crippen LogP contribution is 2.38. The fourth-order valence-electron chi connectivity index (χ4n) is 11.1. The van der Waals surface area contributed by atoms with Gasteiger partial charge in [0.1, 0.15) is 13.2 Å². The molecule has 0 rings (SSSR count). The molecular formula is C77H145N2O6P. The number of quaternary nitrogens is 1. The average Bonchev–Trinajstić information content (AvgIpc) is 3.70. The molecular weight excluding hydrogens is 1080 g/mol. The molecule has 8 nitrogen and oxygen atoms in total. The van der Waals surface area contributed by atoms with Gasteiger partial charge in [-0.25, -0.2) is 0 Å². The number of phosphoric ester groups is 1. The van der Waals surface area contributed by atoms with E-state index in [0.717, 1.165) is 57.8 Å². The van der Waals surface area contributed by atoms with E-state index in [2.05, 4.69) is 79.9 Å². The standard InChI is InChI=1S/C77H145N2O6P/c1-6-8-10-12-14-16-18-20-22-24-26-28-30-31-32-33-34-35-36-37-38-39-40-41-42-43-44-45-46-47-49-51-53-55-57-59-61-63-65-67-69-71-77(81)78-75(74-85-86(82,83)84-73-72-79(3,4)5)76(80)70-68-66-64-62-60-58-56-54-52-50-48-29-27-25-23-21-19-17-15-13-11-9-7-2/h18,20,24,26,30-31,52,54,60,62,68,70,75-76,80H,6-17,19,21-23,25,27-29,32-51,53,55-59,61,63-67,69,71-74H2,1-5H3,(H-,78,81,82,83)/b20-18-,26-24-,31-30-,54-52+,62-60+,70-68+. The molecule has 0 saturated carbocycles. The largest absolute Gasteiger partial charge is 0.756 e. The summed E-state index contributed by atoms with van der Waals surface area (Å²) in [5.41, 5.74) is 0. The van der Waals surface area contributed by atoms with Gasteiger partial charge >= 0.3 is 0 Å². The van der Waals surface area contributed by atoms with Crippen LogP contribution in [0.5, 0.6) is 0 Å². The lowest BCUT2D eigenvalue weighted by Gasteiger charge is -2.29. The Labute approximate surface area is 535 Å². The van der Waals surface area contributed by atoms with Crippen LogP contribution < -0.4 is 10.2 Å². The van der Waals surface area contributed by atoms with E-state index < -0.39 is 26.6 Å². The maximum Gasteiger partial charge on any atom is 0.268 e. The first-order chi connectivity index (χ1) is 42.0. The van der Waals surface area contributed by atoms with Gasteiger partial charge in [-0.3, -0.25) is 9.36 Å². The van der Waals surface area contributed by atoms with Crippen molar-refractivity contribution in [2.24, 2.45) is 0 Å². The minimum absolute atomic E-state index is 0.00891. The Hall–Kier alpha value is -2.06. The molecule has 0 aromatic heterocycles. The van der Waals surface area contributed by atoms with E-state index in [1.54, 1.807) is 6.08 Å². The highest BCUT2D eigenvalue weighted by atomic mass is 31.2. The van der Waals surface area contributed by atoms with Crippen LogP contribution in [0.25, 0.3) is 0 Å². The van der Waals surface area contributed by atoms with Gasteiger partial charge in [0.15, 0.2) is 0 Å². The molecule has 504 valence electrons. The van der Waals surface area contributed by atoms with Gasteiger partial charge in [0.25, 0.3) is 7.82 Å². The normalized spacial score (nSPS) is 14.0. The molecule has 0 heterocycles. The van der Waals surface area contributed by atoms with Crippen LogP contribution in [0.4, 0.5) is 0 Å². The second-order valence-corrected chi connectivity index (χ2v) is 28.0. The number of allylic oxidation sites excluding steroid dienone is 11. The van der Waals surface area contributed by atoms with E-state index in [1.807, 2.05) is 27.2 Å². The summed E-state index contributed by atoms with van der Waals surface area (Å²) in [4.78, 5) is 25.6. The Kier molecular flexibility index (Phi) is 65.7. The fourth-order valence-corrected chi connectivity index (χ4v) is 11.8. The molecule has 0 spiro atoms. The topological polar surface area (TPSA) is 108 Å². The van der Waals surface area contributed by atoms with E-state index in [9.17, 15) is 19.4 Å². The zero-order valence-electron chi connectivity index (χ0n) is 57.8. The number of hydrogen-bond donors (Lipinski definition) is 2. The van der Waals surface area contributed by atoms with Crippen molar-refractivity contribution >= 4 is 13.7 Å². The SMILES string of the molecule is CCCCCCC/C=C\C/C=C\C/C=C\CCCCCCCCCCCCCCCCCCCCCCCCCCCCC(=O)NC(COP(=O)([O-])OCC[N+](C)(C)C)C(O)/C=C/CC/C=C/CC/C=C/CCCCCCCCCCCCCCC. The van der Waals surface area contributed by atoms with Crippen LogP contribution in [0.2, 0.25) is 0 Å². The van der Waals surface area contributed by atoms with Crippen LogP contribution in [0.3, 0.4) is 0 Å². The first kappa shape index (κ1) is 83.9. The number of hydrogen-bond acceptors (Lipinski definition) is 6. The summed E-state index contributed by atoms with van der Waals surface area (Å²) in [5.74, 6) is -0.206. The van der Waals surface area contributed by atoms with Crippen molar-refractivity contribution in [2.75, 3.05) is 40.9 Å². The van der Waals surface area contributed by atoms with Gasteiger partial charge in [0.2, 0.25) is 5.91 Å². The van der Waals surface area contributed by atoms with E-state index in [0.29, 0.717) is 17.4 Å². The van der Waals surface area contributed by atoms with Crippen molar-refractivity contribution < 1.29 is 32.9 Å². The third-order valence-electron chi connectivity index (χ3n) is 16.9. The monoisotopic (exact) mass is 1230 g/mol. The summed E-state index contributed by atoms with van der Waals surface area (Å²) in [6, 6.07) is -0.912. The smallest absolute Gasteiger partial charge is 0.268 e. The number of carbonyl (C=O) groups excluding carboxylic acids is 1. The third kappa shape index (κ3) is 69.4. The van der Waals surface area contributed by atoms with Crippen LogP contribution in [0, 0.1) is 0 Å². The predicted molar refractivity (Wildman–Crippen MR) is 376 cm³/mol. The number of nitrogens with zero attached hydrogens (tertiary/aromatic N) is 1. The molecule has 0 aliphatic carbocycles. The number of nitrogens with one attached hydrogen (secondary N) is 1. The highest BCUT2D eigenvalue weighted by Gasteiger charge is 2.23. The summed E-state index contributed by atoms with van der Waals surface area (Å²) in [6.07, 6.45) is 94.9. The Balaban J connectivity index is 3.97. The van der Waals surface area contributed by atoms with Crippen LogP contribution in [0.15, 0.2) is 72.9 Å². The molecule has 0 aliphatic heterocycles. The van der Waals surface area contributed by atoms with Gasteiger partial charge in [-0.15, -0.1) is 0 Å². The van der Waals surface area contributed by atoms with Gasteiger partial charge < -0.3 is 28.8 Å². The first-order valence-corrected chi connectivity index (χ1v) is 38.8. The summed E-state index contributed by atoms with van der Waals surface area (Å²) < 4.78 is 23.4. The molecule has 9 heteroatoms. The Morgan fingerprint density at radius 1 is 0.407 bits per heavy atom. The third-order valence-corrected chi connectivity index (χ3v) is 17.8. The molecule has 0 bridgehead atoms. The number of unbranched alkanes of at least 4 members (excludes halogenated alkanes) is 46. The number of aliphatic hydroxyl groups excluding tert-OH is 1. The number of aliphatic hydroxyl groups is 1. The molecule has 3 atom stereocenters. The van der Waals surface area contributed by atoms with Crippen molar-refractivity contribution in [3.63, 3.8) is 0 Å². The van der Waals surface area contributed by atoms with Crippen molar-refractivity contribution in [3.8, 4) is 0 Å². The van der Waals surface area contributed by atoms with E-state index >= 15 is 0 Å². The fraction of sp³-hybridized carbons (Fsp3) is 0.831. The highest BCUT2D eigenvalue weighted by molar-refractivity contribution is 7.45. The van der Waals surface area contributed by atoms with E-state index in [1.165, 1.54) is 283 Å². The summed E-state index contributed by atoms with van der Waals surface area (Å²) in [6.45, 7) is 4.65. The van der Waals surface area contributed by atoms with Gasteiger partial charge in [-0.05, 0) is 83.5 Å². The molecule has 0 aromatic carbocycles. The predicted octanol–water partition coefficient (Wildman–Crippen LogP) is 23.5. The molecule has 0 saturated heterocycles. The molecule has 0 fully saturated rings. The van der Waals surface area contributed by atoms with Crippen LogP contribution >= 0.6 is 7.82 Å². The lowest BCUT2D eigenvalue weighted by molar-refractivity contribution is -0.870. The maximum atomic E-state index is 13.0. The number of likely N-dealkylation sites (N-methyl/N-ethyl adjacent to an activating group) is 1. The second-order valence-electron chi connectivity index (χ2n) is 26.6. The van der Waals surface area contributed by atoms with Crippen LogP contribution in [-0.4, -0.2) is 68.5 Å². The summed E-state index contributed by atoms with van der Waals surface area (Å²) in [5, 5.41) is 13.9. The van der Waals surface area contributed by atoms with Crippen molar-refractivity contribution in [1.29, 1.82) is 0 Å². The lowest BCUT2D eigenvalue weighted by Crippen LogP contribution is -2.45. The minimum atomic E-state index is -4.62. The minimum Gasteiger partial charge on any atom is -0.756 e. The molecule has 86 heavy (non-hydrogen) atoms. The van der Waals surface area contributed by atoms with Gasteiger partial charge in [0, 0.05) is 6.42 Å². The molecule has 1 amide bonds. The zero-order chi connectivity index (χ0) is 62.6. The number of amides is 1. The second kappa shape index (κ2) is 67.3. The number of carbonyl (C=O) groups is 1. The summed E-state index contributed by atoms with van der Waals surface area (Å²) >= 11 is 0. The van der Waals surface area contributed by atoms with E-state index in [-0.39, 0.29) is 12.5 Å². The lowest BCUT2D eigenvalue weighted by atomic mass is 10.0. The maximum absolute atomic E-state index is 13.0. The molecule has 0 aliphatic rings. The zero-order valence-corrected chi connectivity index (χ0v) is 58.7.